The first-order valence-corrected chi connectivity index (χ1v) is 6.96. The van der Waals surface area contributed by atoms with E-state index < -0.39 is 11.5 Å². The van der Waals surface area contributed by atoms with Gasteiger partial charge in [0.1, 0.15) is 11.2 Å². The topological polar surface area (TPSA) is 71.3 Å². The van der Waals surface area contributed by atoms with E-state index in [1.807, 2.05) is 0 Å². The summed E-state index contributed by atoms with van der Waals surface area (Å²) in [7, 11) is 1.76. The largest absolute Gasteiger partial charge is 0.480 e. The van der Waals surface area contributed by atoms with Crippen molar-refractivity contribution >= 4 is 23.6 Å². The van der Waals surface area contributed by atoms with Crippen LogP contribution in [-0.2, 0) is 11.8 Å². The number of aryl methyl sites for hydroxylation is 1. The van der Waals surface area contributed by atoms with Crippen LogP contribution < -0.4 is 5.32 Å². The van der Waals surface area contributed by atoms with Crippen LogP contribution in [0.25, 0.3) is 0 Å². The number of hydrogen-bond donors (Lipinski definition) is 2. The molecule has 0 saturated carbocycles. The summed E-state index contributed by atoms with van der Waals surface area (Å²) >= 11 is 1.72. The van der Waals surface area contributed by atoms with Gasteiger partial charge in [0, 0.05) is 13.2 Å². The molecule has 2 rings (SSSR count). The second-order valence-electron chi connectivity index (χ2n) is 4.46. The molecule has 2 N–H and O–H groups in total. The number of thioether (sulfide) groups is 1. The fourth-order valence-corrected chi connectivity index (χ4v) is 3.28. The summed E-state index contributed by atoms with van der Waals surface area (Å²) in [5, 5.41) is 12.1. The fraction of sp³-hybridized carbons (Fsp3) is 0.500. The minimum absolute atomic E-state index is 0.322. The second-order valence-corrected chi connectivity index (χ2v) is 5.68. The van der Waals surface area contributed by atoms with E-state index in [0.29, 0.717) is 18.5 Å². The predicted octanol–water partition coefficient (Wildman–Crippen LogP) is 1.11. The maximum atomic E-state index is 12.1. The Morgan fingerprint density at radius 1 is 1.44 bits per heavy atom. The van der Waals surface area contributed by atoms with E-state index >= 15 is 0 Å². The van der Waals surface area contributed by atoms with Crippen LogP contribution in [0.5, 0.6) is 0 Å². The molecule has 1 aliphatic heterocycles. The molecule has 0 atom stereocenters. The molecule has 5 nitrogen and oxygen atoms in total. The molecular formula is C12H16N2O3S. The average molecular weight is 268 g/mol. The third kappa shape index (κ3) is 2.38. The van der Waals surface area contributed by atoms with Crippen molar-refractivity contribution < 1.29 is 14.7 Å². The molecule has 1 aromatic rings. The van der Waals surface area contributed by atoms with Gasteiger partial charge in [0.05, 0.1) is 0 Å². The van der Waals surface area contributed by atoms with Gasteiger partial charge in [-0.1, -0.05) is 0 Å². The minimum atomic E-state index is -1.10. The highest BCUT2D eigenvalue weighted by molar-refractivity contribution is 7.99. The summed E-state index contributed by atoms with van der Waals surface area (Å²) < 4.78 is 1.68. The highest BCUT2D eigenvalue weighted by Crippen LogP contribution is 2.27. The summed E-state index contributed by atoms with van der Waals surface area (Å²) in [6.45, 7) is 0. The van der Waals surface area contributed by atoms with Gasteiger partial charge in [-0.2, -0.15) is 11.8 Å². The summed E-state index contributed by atoms with van der Waals surface area (Å²) in [6.07, 6.45) is 2.71. The molecule has 0 aliphatic carbocycles. The first-order valence-electron chi connectivity index (χ1n) is 5.80. The van der Waals surface area contributed by atoms with Crippen LogP contribution in [-0.4, -0.2) is 38.6 Å². The molecule has 2 heterocycles. The molecule has 0 bridgehead atoms. The van der Waals surface area contributed by atoms with Gasteiger partial charge >= 0.3 is 5.97 Å². The first kappa shape index (κ1) is 13.0. The smallest absolute Gasteiger partial charge is 0.329 e. The van der Waals surface area contributed by atoms with Crippen LogP contribution in [0.15, 0.2) is 18.3 Å². The maximum absolute atomic E-state index is 12.1. The Balaban J connectivity index is 2.17. The number of nitrogens with zero attached hydrogens (tertiary/aromatic N) is 1. The molecule has 98 valence electrons. The molecule has 1 saturated heterocycles. The van der Waals surface area contributed by atoms with Crippen molar-refractivity contribution in [2.75, 3.05) is 11.5 Å². The molecule has 0 aromatic carbocycles. The lowest BCUT2D eigenvalue weighted by Crippen LogP contribution is -2.56. The Morgan fingerprint density at radius 3 is 2.61 bits per heavy atom. The summed E-state index contributed by atoms with van der Waals surface area (Å²) in [4.78, 5) is 23.5. The van der Waals surface area contributed by atoms with Gasteiger partial charge < -0.3 is 15.0 Å². The molecule has 1 aliphatic rings. The number of hydrogen-bond acceptors (Lipinski definition) is 3. The molecule has 18 heavy (non-hydrogen) atoms. The van der Waals surface area contributed by atoms with Gasteiger partial charge in [0.15, 0.2) is 0 Å². The van der Waals surface area contributed by atoms with Gasteiger partial charge in [0.25, 0.3) is 5.91 Å². The lowest BCUT2D eigenvalue weighted by molar-refractivity contribution is -0.144. The Hall–Kier alpha value is -1.43. The van der Waals surface area contributed by atoms with Gasteiger partial charge in [-0.05, 0) is 36.5 Å². The molecular weight excluding hydrogens is 252 g/mol. The number of carbonyl (C=O) groups excluding carboxylic acids is 1. The minimum Gasteiger partial charge on any atom is -0.480 e. The van der Waals surface area contributed by atoms with Crippen molar-refractivity contribution in [3.63, 3.8) is 0 Å². The molecule has 0 spiro atoms. The molecule has 1 aromatic heterocycles. The van der Waals surface area contributed by atoms with Gasteiger partial charge in [-0.15, -0.1) is 0 Å². The van der Waals surface area contributed by atoms with Crippen molar-refractivity contribution in [1.29, 1.82) is 0 Å². The zero-order valence-electron chi connectivity index (χ0n) is 10.2. The Morgan fingerprint density at radius 2 is 2.11 bits per heavy atom. The number of carboxylic acids is 1. The van der Waals surface area contributed by atoms with Crippen molar-refractivity contribution in [2.45, 2.75) is 18.4 Å². The molecule has 1 amide bonds. The van der Waals surface area contributed by atoms with Gasteiger partial charge in [-0.25, -0.2) is 4.79 Å². The number of aromatic nitrogens is 1. The third-order valence-corrected chi connectivity index (χ3v) is 4.27. The van der Waals surface area contributed by atoms with Crippen molar-refractivity contribution in [3.05, 3.63) is 24.0 Å². The lowest BCUT2D eigenvalue weighted by Gasteiger charge is -2.33. The quantitative estimate of drug-likeness (QED) is 0.861. The predicted molar refractivity (Wildman–Crippen MR) is 69.8 cm³/mol. The van der Waals surface area contributed by atoms with E-state index in [-0.39, 0.29) is 5.91 Å². The number of carboxylic acid groups (broad SMARTS) is 1. The molecule has 6 heteroatoms. The van der Waals surface area contributed by atoms with Crippen LogP contribution in [0.4, 0.5) is 0 Å². The Kier molecular flexibility index (Phi) is 3.65. The number of rotatable bonds is 3. The summed E-state index contributed by atoms with van der Waals surface area (Å²) in [5.41, 5.74) is -0.624. The highest BCUT2D eigenvalue weighted by Gasteiger charge is 2.41. The third-order valence-electron chi connectivity index (χ3n) is 3.28. The van der Waals surface area contributed by atoms with E-state index in [1.165, 1.54) is 0 Å². The summed E-state index contributed by atoms with van der Waals surface area (Å²) in [6, 6.07) is 3.45. The number of amides is 1. The normalized spacial score (nSPS) is 18.3. The summed E-state index contributed by atoms with van der Waals surface area (Å²) in [5.74, 6) is 0.265. The lowest BCUT2D eigenvalue weighted by atomic mass is 9.92. The first-order chi connectivity index (χ1) is 8.55. The van der Waals surface area contributed by atoms with E-state index in [2.05, 4.69) is 5.32 Å². The number of nitrogens with one attached hydrogen (secondary N) is 1. The standard InChI is InChI=1S/C12H16N2O3S/c1-14-6-2-3-9(14)10(15)13-12(11(16)17)4-7-18-8-5-12/h2-3,6H,4-5,7-8H2,1H3,(H,13,15)(H,16,17). The Bertz CT molecular complexity index is 464. The van der Waals surface area contributed by atoms with E-state index in [1.54, 1.807) is 41.7 Å². The highest BCUT2D eigenvalue weighted by atomic mass is 32.2. The van der Waals surface area contributed by atoms with Crippen LogP contribution in [0.1, 0.15) is 23.3 Å². The van der Waals surface area contributed by atoms with Crippen molar-refractivity contribution in [2.24, 2.45) is 7.05 Å². The maximum Gasteiger partial charge on any atom is 0.329 e. The van der Waals surface area contributed by atoms with Crippen LogP contribution in [0.2, 0.25) is 0 Å². The van der Waals surface area contributed by atoms with E-state index in [9.17, 15) is 14.7 Å². The second kappa shape index (κ2) is 5.06. The SMILES string of the molecule is Cn1cccc1C(=O)NC1(C(=O)O)CCSCC1. The average Bonchev–Trinajstić information content (AvgIpc) is 2.76. The molecule has 0 radical (unpaired) electrons. The van der Waals surface area contributed by atoms with Crippen LogP contribution in [0, 0.1) is 0 Å². The zero-order chi connectivity index (χ0) is 13.2. The fourth-order valence-electron chi connectivity index (χ4n) is 2.09. The molecule has 1 fully saturated rings. The Labute approximate surface area is 110 Å². The van der Waals surface area contributed by atoms with Crippen LogP contribution >= 0.6 is 11.8 Å². The van der Waals surface area contributed by atoms with Gasteiger partial charge in [-0.3, -0.25) is 4.79 Å². The van der Waals surface area contributed by atoms with Crippen molar-refractivity contribution in [1.82, 2.24) is 9.88 Å². The van der Waals surface area contributed by atoms with Crippen LogP contribution in [0.3, 0.4) is 0 Å². The van der Waals surface area contributed by atoms with E-state index in [0.717, 1.165) is 11.5 Å². The monoisotopic (exact) mass is 268 g/mol. The number of aliphatic carboxylic acids is 1. The number of carbonyl (C=O) groups is 2. The zero-order valence-corrected chi connectivity index (χ0v) is 11.0. The van der Waals surface area contributed by atoms with E-state index in [4.69, 9.17) is 0 Å². The van der Waals surface area contributed by atoms with Gasteiger partial charge in [0.2, 0.25) is 0 Å². The van der Waals surface area contributed by atoms with Crippen molar-refractivity contribution in [3.8, 4) is 0 Å². The molecule has 0 unspecified atom stereocenters.